The van der Waals surface area contributed by atoms with Gasteiger partial charge in [-0.25, -0.2) is 0 Å². The topological polar surface area (TPSA) is 12.0 Å². The molecule has 0 aliphatic carbocycles. The van der Waals surface area contributed by atoms with Crippen molar-refractivity contribution in [3.05, 3.63) is 56.7 Å². The van der Waals surface area contributed by atoms with Crippen LogP contribution in [0.4, 0.5) is 0 Å². The zero-order valence-corrected chi connectivity index (χ0v) is 12.2. The molecule has 17 heavy (non-hydrogen) atoms. The van der Waals surface area contributed by atoms with Crippen LogP contribution in [0.5, 0.6) is 0 Å². The van der Waals surface area contributed by atoms with Crippen molar-refractivity contribution >= 4 is 27.3 Å². The van der Waals surface area contributed by atoms with Gasteiger partial charge >= 0.3 is 0 Å². The summed E-state index contributed by atoms with van der Waals surface area (Å²) >= 11 is 5.29. The van der Waals surface area contributed by atoms with Gasteiger partial charge in [0.25, 0.3) is 0 Å². The maximum absolute atomic E-state index is 3.60. The maximum atomic E-state index is 3.60. The fourth-order valence-corrected chi connectivity index (χ4v) is 2.95. The Morgan fingerprint density at radius 2 is 2.18 bits per heavy atom. The predicted molar refractivity (Wildman–Crippen MR) is 78.6 cm³/mol. The largest absolute Gasteiger partial charge is 0.306 e. The lowest BCUT2D eigenvalue weighted by Gasteiger charge is -2.18. The first-order valence-electron chi connectivity index (χ1n) is 5.82. The monoisotopic (exact) mass is 309 g/mol. The molecular formula is C14H16BrNS. The van der Waals surface area contributed by atoms with Crippen LogP contribution in [0.2, 0.25) is 0 Å². The van der Waals surface area contributed by atoms with Crippen LogP contribution in [0.15, 0.2) is 45.6 Å². The smallest absolute Gasteiger partial charge is 0.0585 e. The number of hydrogen-bond acceptors (Lipinski definition) is 2. The van der Waals surface area contributed by atoms with Gasteiger partial charge < -0.3 is 5.32 Å². The average Bonchev–Trinajstić information content (AvgIpc) is 2.83. The molecule has 1 N–H and O–H groups in total. The van der Waals surface area contributed by atoms with E-state index in [9.17, 15) is 0 Å². The van der Waals surface area contributed by atoms with E-state index in [-0.39, 0.29) is 0 Å². The Labute approximate surface area is 115 Å². The summed E-state index contributed by atoms with van der Waals surface area (Å²) < 4.78 is 1.13. The SMILES string of the molecule is CCCNC(c1ccsc1)c1cccc(Br)c1. The van der Waals surface area contributed by atoms with E-state index in [1.165, 1.54) is 11.1 Å². The van der Waals surface area contributed by atoms with Crippen molar-refractivity contribution in [2.75, 3.05) is 6.54 Å². The Bertz CT molecular complexity index is 453. The van der Waals surface area contributed by atoms with Crippen LogP contribution >= 0.6 is 27.3 Å². The predicted octanol–water partition coefficient (Wildman–Crippen LogP) is 4.60. The fraction of sp³-hybridized carbons (Fsp3) is 0.286. The molecule has 1 atom stereocenters. The zero-order chi connectivity index (χ0) is 12.1. The Morgan fingerprint density at radius 1 is 1.29 bits per heavy atom. The van der Waals surface area contributed by atoms with E-state index in [1.807, 2.05) is 0 Å². The molecule has 0 aliphatic rings. The Hall–Kier alpha value is -0.640. The van der Waals surface area contributed by atoms with Gasteiger partial charge in [-0.05, 0) is 53.1 Å². The van der Waals surface area contributed by atoms with Gasteiger partial charge in [0.15, 0.2) is 0 Å². The van der Waals surface area contributed by atoms with Crippen molar-refractivity contribution in [3.8, 4) is 0 Å². The normalized spacial score (nSPS) is 12.6. The number of rotatable bonds is 5. The van der Waals surface area contributed by atoms with Crippen LogP contribution in [0.3, 0.4) is 0 Å². The van der Waals surface area contributed by atoms with Gasteiger partial charge in [-0.3, -0.25) is 0 Å². The van der Waals surface area contributed by atoms with Crippen LogP contribution in [0.1, 0.15) is 30.5 Å². The van der Waals surface area contributed by atoms with E-state index in [4.69, 9.17) is 0 Å². The zero-order valence-electron chi connectivity index (χ0n) is 9.82. The molecule has 1 nitrogen and oxygen atoms in total. The lowest BCUT2D eigenvalue weighted by molar-refractivity contribution is 0.600. The molecule has 1 unspecified atom stereocenters. The summed E-state index contributed by atoms with van der Waals surface area (Å²) in [6.07, 6.45) is 1.15. The third-order valence-electron chi connectivity index (χ3n) is 2.66. The highest BCUT2D eigenvalue weighted by Crippen LogP contribution is 2.26. The van der Waals surface area contributed by atoms with Gasteiger partial charge in [0, 0.05) is 4.47 Å². The summed E-state index contributed by atoms with van der Waals surface area (Å²) in [5, 5.41) is 7.95. The van der Waals surface area contributed by atoms with E-state index in [2.05, 4.69) is 69.3 Å². The Kier molecular flexibility index (Phi) is 4.77. The minimum absolute atomic E-state index is 0.304. The standard InChI is InChI=1S/C14H16BrNS/c1-2-7-16-14(12-6-8-17-10-12)11-4-3-5-13(15)9-11/h3-6,8-10,14,16H,2,7H2,1H3. The first-order chi connectivity index (χ1) is 8.31. The first-order valence-corrected chi connectivity index (χ1v) is 7.55. The molecule has 1 aromatic heterocycles. The van der Waals surface area contributed by atoms with Crippen LogP contribution in [-0.2, 0) is 0 Å². The Balaban J connectivity index is 2.27. The minimum atomic E-state index is 0.304. The molecule has 90 valence electrons. The van der Waals surface area contributed by atoms with Crippen molar-refractivity contribution in [1.29, 1.82) is 0 Å². The summed E-state index contributed by atoms with van der Waals surface area (Å²) in [7, 11) is 0. The van der Waals surface area contributed by atoms with Crippen molar-refractivity contribution in [2.45, 2.75) is 19.4 Å². The van der Waals surface area contributed by atoms with E-state index >= 15 is 0 Å². The van der Waals surface area contributed by atoms with Gasteiger partial charge in [-0.2, -0.15) is 11.3 Å². The lowest BCUT2D eigenvalue weighted by atomic mass is 10.0. The summed E-state index contributed by atoms with van der Waals surface area (Å²) in [6, 6.07) is 11.0. The van der Waals surface area contributed by atoms with Crippen LogP contribution in [0.25, 0.3) is 0 Å². The second-order valence-corrected chi connectivity index (χ2v) is 5.69. The van der Waals surface area contributed by atoms with Crippen molar-refractivity contribution < 1.29 is 0 Å². The molecule has 1 aromatic carbocycles. The highest BCUT2D eigenvalue weighted by Gasteiger charge is 2.13. The summed E-state index contributed by atoms with van der Waals surface area (Å²) in [4.78, 5) is 0. The van der Waals surface area contributed by atoms with E-state index in [0.29, 0.717) is 6.04 Å². The number of hydrogen-bond donors (Lipinski definition) is 1. The van der Waals surface area contributed by atoms with E-state index < -0.39 is 0 Å². The van der Waals surface area contributed by atoms with Gasteiger partial charge in [-0.15, -0.1) is 0 Å². The quantitative estimate of drug-likeness (QED) is 0.851. The van der Waals surface area contributed by atoms with Crippen molar-refractivity contribution in [3.63, 3.8) is 0 Å². The molecule has 0 radical (unpaired) electrons. The number of nitrogens with one attached hydrogen (secondary N) is 1. The molecule has 0 spiro atoms. The third kappa shape index (κ3) is 3.41. The highest BCUT2D eigenvalue weighted by atomic mass is 79.9. The molecule has 1 heterocycles. The Morgan fingerprint density at radius 3 is 2.82 bits per heavy atom. The summed E-state index contributed by atoms with van der Waals surface area (Å²) in [5.41, 5.74) is 2.66. The van der Waals surface area contributed by atoms with Gasteiger partial charge in [0.2, 0.25) is 0 Å². The van der Waals surface area contributed by atoms with E-state index in [1.54, 1.807) is 11.3 Å². The molecular weight excluding hydrogens is 294 g/mol. The van der Waals surface area contributed by atoms with Crippen molar-refractivity contribution in [2.24, 2.45) is 0 Å². The molecule has 0 saturated carbocycles. The molecule has 0 amide bonds. The van der Waals surface area contributed by atoms with Gasteiger partial charge in [0.05, 0.1) is 6.04 Å². The molecule has 2 aromatic rings. The number of halogens is 1. The molecule has 0 aliphatic heterocycles. The van der Waals surface area contributed by atoms with Gasteiger partial charge in [0.1, 0.15) is 0 Å². The van der Waals surface area contributed by atoms with Crippen LogP contribution in [0, 0.1) is 0 Å². The molecule has 0 fully saturated rings. The molecule has 2 rings (SSSR count). The van der Waals surface area contributed by atoms with Gasteiger partial charge in [-0.1, -0.05) is 35.0 Å². The average molecular weight is 310 g/mol. The molecule has 0 saturated heterocycles. The number of thiophene rings is 1. The lowest BCUT2D eigenvalue weighted by Crippen LogP contribution is -2.22. The van der Waals surface area contributed by atoms with Crippen LogP contribution in [-0.4, -0.2) is 6.54 Å². The first kappa shape index (κ1) is 12.8. The van der Waals surface area contributed by atoms with Crippen LogP contribution < -0.4 is 5.32 Å². The maximum Gasteiger partial charge on any atom is 0.0585 e. The molecule has 3 heteroatoms. The highest BCUT2D eigenvalue weighted by molar-refractivity contribution is 9.10. The van der Waals surface area contributed by atoms with Crippen molar-refractivity contribution in [1.82, 2.24) is 5.32 Å². The van der Waals surface area contributed by atoms with E-state index in [0.717, 1.165) is 17.4 Å². The number of benzene rings is 1. The molecule has 0 bridgehead atoms. The second kappa shape index (κ2) is 6.34. The summed E-state index contributed by atoms with van der Waals surface area (Å²) in [6.45, 7) is 3.23. The summed E-state index contributed by atoms with van der Waals surface area (Å²) in [5.74, 6) is 0. The second-order valence-electron chi connectivity index (χ2n) is 4.00. The third-order valence-corrected chi connectivity index (χ3v) is 3.85. The fourth-order valence-electron chi connectivity index (χ4n) is 1.84. The minimum Gasteiger partial charge on any atom is -0.306 e.